The molecule has 10 aromatic rings. The van der Waals surface area contributed by atoms with Gasteiger partial charge >= 0.3 is 0 Å². The number of benzene rings is 8. The summed E-state index contributed by atoms with van der Waals surface area (Å²) in [6, 6.07) is 62.1. The van der Waals surface area contributed by atoms with Crippen LogP contribution in [-0.4, -0.2) is 19.5 Å². The number of fused-ring (bicyclic) bond motifs is 3. The van der Waals surface area contributed by atoms with Gasteiger partial charge in [-0.2, -0.15) is 21.0 Å². The van der Waals surface area contributed by atoms with Crippen molar-refractivity contribution in [3.8, 4) is 97.5 Å². The van der Waals surface area contributed by atoms with Crippen molar-refractivity contribution < 1.29 is 0 Å². The van der Waals surface area contributed by atoms with Gasteiger partial charge in [-0.05, 0) is 121 Å². The third-order valence-electron chi connectivity index (χ3n) is 11.9. The molecule has 0 N–H and O–H groups in total. The van der Waals surface area contributed by atoms with Gasteiger partial charge in [0.15, 0.2) is 17.5 Å². The van der Waals surface area contributed by atoms with Crippen molar-refractivity contribution in [3.63, 3.8) is 0 Å². The van der Waals surface area contributed by atoms with Crippen molar-refractivity contribution in [2.24, 2.45) is 0 Å². The molecule has 0 saturated heterocycles. The number of nitriles is 4. The Morgan fingerprint density at radius 2 is 0.818 bits per heavy atom. The lowest BCUT2D eigenvalue weighted by atomic mass is 9.90. The molecule has 10 rings (SSSR count). The molecule has 0 aliphatic heterocycles. The second-order valence-electron chi connectivity index (χ2n) is 16.4. The molecule has 0 bridgehead atoms. The maximum absolute atomic E-state index is 10.3. The second kappa shape index (κ2) is 16.7. The molecule has 308 valence electrons. The average Bonchev–Trinajstić information content (AvgIpc) is 3.68. The third kappa shape index (κ3) is 7.28. The number of aryl methyl sites for hydroxylation is 3. The van der Waals surface area contributed by atoms with Crippen LogP contribution in [0, 0.1) is 66.1 Å². The number of hydrogen-bond donors (Lipinski definition) is 0. The highest BCUT2D eigenvalue weighted by Gasteiger charge is 2.25. The second-order valence-corrected chi connectivity index (χ2v) is 16.4. The SMILES string of the molecule is Cc1cc(C)c(-c2ccc3c(c2)c2ccccc2n3-c2c(-c3cc(C#N)cc(C#N)c3)cc(-c3nc(-c4ccccc4)nc(-c4ccccc4)n3)cc2-c2cc(C#N)cc(C#N)c2)c(C)c1. The normalized spacial score (nSPS) is 10.9. The first-order valence-corrected chi connectivity index (χ1v) is 21.3. The molecule has 0 fully saturated rings. The van der Waals surface area contributed by atoms with E-state index >= 15 is 0 Å². The molecule has 0 aliphatic carbocycles. The third-order valence-corrected chi connectivity index (χ3v) is 11.9. The molecule has 66 heavy (non-hydrogen) atoms. The first kappa shape index (κ1) is 40.6. The van der Waals surface area contributed by atoms with Crippen LogP contribution < -0.4 is 0 Å². The van der Waals surface area contributed by atoms with E-state index in [0.29, 0.717) is 73.2 Å². The first-order valence-electron chi connectivity index (χ1n) is 21.3. The maximum Gasteiger partial charge on any atom is 0.164 e. The van der Waals surface area contributed by atoms with Crippen molar-refractivity contribution in [2.45, 2.75) is 20.8 Å². The van der Waals surface area contributed by atoms with E-state index in [-0.39, 0.29) is 0 Å². The van der Waals surface area contributed by atoms with E-state index in [1.807, 2.05) is 84.9 Å². The lowest BCUT2D eigenvalue weighted by Crippen LogP contribution is -2.04. The monoisotopic (exact) mass is 844 g/mol. The van der Waals surface area contributed by atoms with Gasteiger partial charge in [-0.1, -0.05) is 103 Å². The van der Waals surface area contributed by atoms with E-state index in [1.54, 1.807) is 36.4 Å². The van der Waals surface area contributed by atoms with E-state index in [4.69, 9.17) is 15.0 Å². The van der Waals surface area contributed by atoms with Crippen LogP contribution in [-0.2, 0) is 0 Å². The van der Waals surface area contributed by atoms with Gasteiger partial charge in [-0.25, -0.2) is 15.0 Å². The summed E-state index contributed by atoms with van der Waals surface area (Å²) in [6.07, 6.45) is 0. The van der Waals surface area contributed by atoms with Gasteiger partial charge < -0.3 is 4.57 Å². The fourth-order valence-corrected chi connectivity index (χ4v) is 9.21. The highest BCUT2D eigenvalue weighted by molar-refractivity contribution is 6.12. The number of para-hydroxylation sites is 1. The molecule has 0 saturated carbocycles. The molecule has 2 heterocycles. The van der Waals surface area contributed by atoms with Gasteiger partial charge in [-0.3, -0.25) is 0 Å². The minimum Gasteiger partial charge on any atom is -0.308 e. The van der Waals surface area contributed by atoms with Gasteiger partial charge in [0.1, 0.15) is 0 Å². The fraction of sp³-hybridized carbons (Fsp3) is 0.0517. The topological polar surface area (TPSA) is 139 Å². The van der Waals surface area contributed by atoms with Gasteiger partial charge in [0, 0.05) is 38.6 Å². The van der Waals surface area contributed by atoms with Crippen molar-refractivity contribution in [3.05, 3.63) is 203 Å². The van der Waals surface area contributed by atoms with Crippen molar-refractivity contribution in [2.75, 3.05) is 0 Å². The molecule has 0 amide bonds. The molecule has 0 atom stereocenters. The van der Waals surface area contributed by atoms with Gasteiger partial charge in [0.05, 0.1) is 63.3 Å². The summed E-state index contributed by atoms with van der Waals surface area (Å²) in [6.45, 7) is 6.41. The van der Waals surface area contributed by atoms with E-state index in [9.17, 15) is 21.0 Å². The number of rotatable bonds is 7. The van der Waals surface area contributed by atoms with Gasteiger partial charge in [0.2, 0.25) is 0 Å². The van der Waals surface area contributed by atoms with E-state index in [1.165, 1.54) is 22.3 Å². The lowest BCUT2D eigenvalue weighted by Gasteiger charge is -2.21. The molecule has 0 aliphatic rings. The Bertz CT molecular complexity index is 3540. The van der Waals surface area contributed by atoms with Crippen LogP contribution in [0.5, 0.6) is 0 Å². The number of nitrogens with zero attached hydrogens (tertiary/aromatic N) is 8. The summed E-state index contributed by atoms with van der Waals surface area (Å²) in [4.78, 5) is 15.2. The Kier molecular flexibility index (Phi) is 10.3. The quantitative estimate of drug-likeness (QED) is 0.156. The Balaban J connectivity index is 1.37. The Hall–Kier alpha value is -9.47. The zero-order valence-electron chi connectivity index (χ0n) is 36.2. The van der Waals surface area contributed by atoms with Crippen molar-refractivity contribution in [1.82, 2.24) is 19.5 Å². The predicted octanol–water partition coefficient (Wildman–Crippen LogP) is 13.4. The van der Waals surface area contributed by atoms with Crippen LogP contribution in [0.25, 0.3) is 95.0 Å². The minimum absolute atomic E-state index is 0.314. The molecule has 0 unspecified atom stereocenters. The van der Waals surface area contributed by atoms with Crippen LogP contribution in [0.3, 0.4) is 0 Å². The molecular weight excluding hydrogens is 809 g/mol. The fourth-order valence-electron chi connectivity index (χ4n) is 9.21. The Morgan fingerprint density at radius 1 is 0.379 bits per heavy atom. The number of hydrogen-bond acceptors (Lipinski definition) is 7. The molecule has 0 radical (unpaired) electrons. The van der Waals surface area contributed by atoms with Crippen molar-refractivity contribution in [1.29, 1.82) is 21.0 Å². The molecule has 8 aromatic carbocycles. The van der Waals surface area contributed by atoms with Crippen LogP contribution in [0.2, 0.25) is 0 Å². The number of aromatic nitrogens is 4. The van der Waals surface area contributed by atoms with Crippen LogP contribution in [0.1, 0.15) is 38.9 Å². The smallest absolute Gasteiger partial charge is 0.164 e. The maximum atomic E-state index is 10.3. The molecule has 8 heteroatoms. The predicted molar refractivity (Wildman–Crippen MR) is 260 cm³/mol. The van der Waals surface area contributed by atoms with E-state index < -0.39 is 0 Å². The molecular formula is C58H36N8. The summed E-state index contributed by atoms with van der Waals surface area (Å²) in [5, 5.41) is 43.4. The van der Waals surface area contributed by atoms with E-state index in [0.717, 1.165) is 38.5 Å². The summed E-state index contributed by atoms with van der Waals surface area (Å²) < 4.78 is 2.21. The van der Waals surface area contributed by atoms with Gasteiger partial charge in [-0.15, -0.1) is 0 Å². The van der Waals surface area contributed by atoms with Gasteiger partial charge in [0.25, 0.3) is 0 Å². The van der Waals surface area contributed by atoms with Crippen LogP contribution in [0.4, 0.5) is 0 Å². The minimum atomic E-state index is 0.314. The zero-order chi connectivity index (χ0) is 45.5. The Morgan fingerprint density at radius 3 is 1.30 bits per heavy atom. The Labute approximate surface area is 381 Å². The molecule has 0 spiro atoms. The summed E-state index contributed by atoms with van der Waals surface area (Å²) in [7, 11) is 0. The highest BCUT2D eigenvalue weighted by Crippen LogP contribution is 2.45. The average molecular weight is 845 g/mol. The molecule has 2 aromatic heterocycles. The lowest BCUT2D eigenvalue weighted by molar-refractivity contribution is 1.07. The van der Waals surface area contributed by atoms with Crippen LogP contribution in [0.15, 0.2) is 164 Å². The van der Waals surface area contributed by atoms with Crippen molar-refractivity contribution >= 4 is 21.8 Å². The summed E-state index contributed by atoms with van der Waals surface area (Å²) in [5.41, 5.74) is 14.4. The summed E-state index contributed by atoms with van der Waals surface area (Å²) >= 11 is 0. The molecule has 8 nitrogen and oxygen atoms in total. The highest BCUT2D eigenvalue weighted by atomic mass is 15.0. The summed E-state index contributed by atoms with van der Waals surface area (Å²) in [5.74, 6) is 1.32. The van der Waals surface area contributed by atoms with E-state index in [2.05, 4.69) is 92.1 Å². The largest absolute Gasteiger partial charge is 0.308 e. The zero-order valence-corrected chi connectivity index (χ0v) is 36.2. The van der Waals surface area contributed by atoms with Crippen LogP contribution >= 0.6 is 0 Å². The first-order chi connectivity index (χ1) is 32.2. The standard InChI is InChI=1S/C58H36N8/c1-35-20-36(2)54(37(3)21-35)44-18-19-53-51(28-44)48-16-10-11-17-52(48)66(53)55-49(45-24-38(31-59)22-39(25-45)32-60)29-47(30-50(55)46-26-40(33-61)23-41(27-46)34-62)58-64-56(42-12-6-4-7-13-42)63-57(65-58)43-14-8-5-9-15-43/h4-30H,1-3H3.